The highest BCUT2D eigenvalue weighted by Crippen LogP contribution is 2.19. The Morgan fingerprint density at radius 2 is 1.20 bits per heavy atom. The monoisotopic (exact) mass is 474 g/mol. The van der Waals surface area contributed by atoms with Gasteiger partial charge in [-0.3, -0.25) is 9.98 Å². The number of pyridine rings is 1. The Morgan fingerprint density at radius 3 is 1.71 bits per heavy atom. The van der Waals surface area contributed by atoms with Crippen LogP contribution in [0.25, 0.3) is 0 Å². The van der Waals surface area contributed by atoms with Crippen LogP contribution in [-0.4, -0.2) is 35.5 Å². The van der Waals surface area contributed by atoms with Crippen molar-refractivity contribution >= 4 is 17.9 Å². The molecule has 0 spiro atoms. The van der Waals surface area contributed by atoms with Crippen molar-refractivity contribution in [1.29, 1.82) is 0 Å². The quantitative estimate of drug-likeness (QED) is 0.177. The minimum atomic E-state index is -0.918. The molecule has 6 heteroatoms. The van der Waals surface area contributed by atoms with Gasteiger partial charge in [0.05, 0.1) is 24.5 Å². The molecular formula is C29H34N2O4. The van der Waals surface area contributed by atoms with Crippen molar-refractivity contribution in [3.63, 3.8) is 0 Å². The zero-order chi connectivity index (χ0) is 24.6. The fourth-order valence-corrected chi connectivity index (χ4v) is 3.57. The molecule has 1 heterocycles. The average molecular weight is 475 g/mol. The summed E-state index contributed by atoms with van der Waals surface area (Å²) in [5.74, 6) is 0.689. The van der Waals surface area contributed by atoms with Crippen LogP contribution in [0.5, 0.6) is 11.5 Å². The highest BCUT2D eigenvalue weighted by molar-refractivity contribution is 5.87. The third-order valence-electron chi connectivity index (χ3n) is 5.58. The molecule has 0 radical (unpaired) electrons. The van der Waals surface area contributed by atoms with Gasteiger partial charge in [0.25, 0.3) is 0 Å². The standard InChI is InChI=1S/C29H34N2O4/c32-29(33)25-9-13-27(14-10-25)34-21-7-5-3-1-2-4-6-8-22-35-28-15-11-26(12-16-28)31-23-24-17-19-30-20-18-24/h9-20,23H,1-8,21-22H2,(H,32,33). The van der Waals surface area contributed by atoms with E-state index in [-0.39, 0.29) is 5.56 Å². The van der Waals surface area contributed by atoms with Crippen molar-refractivity contribution < 1.29 is 19.4 Å². The lowest BCUT2D eigenvalue weighted by atomic mass is 10.1. The van der Waals surface area contributed by atoms with Crippen LogP contribution in [0, 0.1) is 0 Å². The molecule has 0 unspecified atom stereocenters. The Labute approximate surface area is 207 Å². The number of aromatic nitrogens is 1. The summed E-state index contributed by atoms with van der Waals surface area (Å²) in [7, 11) is 0. The topological polar surface area (TPSA) is 81.0 Å². The van der Waals surface area contributed by atoms with Crippen LogP contribution in [0.4, 0.5) is 5.69 Å². The number of ether oxygens (including phenoxy) is 2. The van der Waals surface area contributed by atoms with Gasteiger partial charge in [-0.2, -0.15) is 0 Å². The Bertz CT molecular complexity index is 1020. The second-order valence-electron chi connectivity index (χ2n) is 8.39. The maximum Gasteiger partial charge on any atom is 0.335 e. The molecule has 2 aromatic carbocycles. The molecule has 0 saturated heterocycles. The Hall–Kier alpha value is -3.67. The van der Waals surface area contributed by atoms with E-state index in [0.717, 1.165) is 48.6 Å². The third-order valence-corrected chi connectivity index (χ3v) is 5.58. The summed E-state index contributed by atoms with van der Waals surface area (Å²) in [4.78, 5) is 19.3. The Morgan fingerprint density at radius 1 is 0.714 bits per heavy atom. The highest BCUT2D eigenvalue weighted by atomic mass is 16.5. The van der Waals surface area contributed by atoms with E-state index in [9.17, 15) is 4.79 Å². The molecule has 0 aliphatic rings. The van der Waals surface area contributed by atoms with Crippen molar-refractivity contribution in [2.45, 2.75) is 51.4 Å². The van der Waals surface area contributed by atoms with Gasteiger partial charge in [-0.05, 0) is 79.1 Å². The molecule has 3 rings (SSSR count). The van der Waals surface area contributed by atoms with Gasteiger partial charge in [-0.25, -0.2) is 4.79 Å². The fourth-order valence-electron chi connectivity index (χ4n) is 3.57. The predicted octanol–water partition coefficient (Wildman–Crippen LogP) is 7.11. The van der Waals surface area contributed by atoms with E-state index in [2.05, 4.69) is 9.98 Å². The molecule has 0 aliphatic heterocycles. The SMILES string of the molecule is O=C(O)c1ccc(OCCCCCCCCCCOc2ccc(N=Cc3ccncc3)cc2)cc1. The van der Waals surface area contributed by atoms with Gasteiger partial charge in [-0.15, -0.1) is 0 Å². The van der Waals surface area contributed by atoms with Crippen molar-refractivity contribution in [2.75, 3.05) is 13.2 Å². The lowest BCUT2D eigenvalue weighted by Crippen LogP contribution is -1.99. The molecule has 3 aromatic rings. The van der Waals surface area contributed by atoms with Crippen molar-refractivity contribution in [1.82, 2.24) is 4.98 Å². The molecule has 35 heavy (non-hydrogen) atoms. The number of hydrogen-bond donors (Lipinski definition) is 1. The van der Waals surface area contributed by atoms with Gasteiger partial charge in [0, 0.05) is 18.6 Å². The molecule has 0 aliphatic carbocycles. The van der Waals surface area contributed by atoms with Crippen LogP contribution in [0.15, 0.2) is 78.0 Å². The van der Waals surface area contributed by atoms with E-state index in [1.54, 1.807) is 36.7 Å². The van der Waals surface area contributed by atoms with Crippen LogP contribution >= 0.6 is 0 Å². The zero-order valence-corrected chi connectivity index (χ0v) is 20.1. The number of nitrogens with zero attached hydrogens (tertiary/aromatic N) is 2. The first-order valence-corrected chi connectivity index (χ1v) is 12.3. The predicted molar refractivity (Wildman–Crippen MR) is 139 cm³/mol. The summed E-state index contributed by atoms with van der Waals surface area (Å²) in [6, 6.07) is 18.3. The number of benzene rings is 2. The van der Waals surface area contributed by atoms with Crippen LogP contribution in [0.3, 0.4) is 0 Å². The van der Waals surface area contributed by atoms with E-state index < -0.39 is 5.97 Å². The number of carboxylic acid groups (broad SMARTS) is 1. The molecule has 0 fully saturated rings. The number of carbonyl (C=O) groups is 1. The van der Waals surface area contributed by atoms with E-state index in [1.807, 2.05) is 42.6 Å². The summed E-state index contributed by atoms with van der Waals surface area (Å²) >= 11 is 0. The zero-order valence-electron chi connectivity index (χ0n) is 20.1. The number of aliphatic imine (C=N–C) groups is 1. The first-order valence-electron chi connectivity index (χ1n) is 12.3. The normalized spacial score (nSPS) is 11.0. The lowest BCUT2D eigenvalue weighted by molar-refractivity contribution is 0.0697. The van der Waals surface area contributed by atoms with Gasteiger partial charge in [0.2, 0.25) is 0 Å². The number of hydrogen-bond acceptors (Lipinski definition) is 5. The molecule has 0 amide bonds. The van der Waals surface area contributed by atoms with Gasteiger partial charge in [0.15, 0.2) is 0 Å². The van der Waals surface area contributed by atoms with Crippen LogP contribution in [-0.2, 0) is 0 Å². The molecule has 6 nitrogen and oxygen atoms in total. The minimum absolute atomic E-state index is 0.279. The molecule has 184 valence electrons. The summed E-state index contributed by atoms with van der Waals surface area (Å²) in [5, 5.41) is 8.90. The summed E-state index contributed by atoms with van der Waals surface area (Å²) in [6.07, 6.45) is 14.7. The first kappa shape index (κ1) is 25.9. The van der Waals surface area contributed by atoms with Crippen molar-refractivity contribution in [2.24, 2.45) is 4.99 Å². The van der Waals surface area contributed by atoms with Crippen LogP contribution in [0.2, 0.25) is 0 Å². The third kappa shape index (κ3) is 10.4. The number of rotatable bonds is 16. The smallest absolute Gasteiger partial charge is 0.335 e. The van der Waals surface area contributed by atoms with Crippen molar-refractivity contribution in [3.8, 4) is 11.5 Å². The summed E-state index contributed by atoms with van der Waals surface area (Å²) in [5.41, 5.74) is 2.20. The van der Waals surface area contributed by atoms with Crippen LogP contribution in [0.1, 0.15) is 67.3 Å². The molecule has 0 bridgehead atoms. The second kappa shape index (κ2) is 15.3. The molecule has 1 N–H and O–H groups in total. The van der Waals surface area contributed by atoms with Gasteiger partial charge in [0.1, 0.15) is 11.5 Å². The number of carboxylic acids is 1. The molecule has 1 aromatic heterocycles. The minimum Gasteiger partial charge on any atom is -0.494 e. The molecule has 0 atom stereocenters. The van der Waals surface area contributed by atoms with E-state index in [0.29, 0.717) is 6.61 Å². The Kier molecular flexibility index (Phi) is 11.3. The van der Waals surface area contributed by atoms with E-state index >= 15 is 0 Å². The Balaban J connectivity index is 1.14. The fraction of sp³-hybridized carbons (Fsp3) is 0.345. The second-order valence-corrected chi connectivity index (χ2v) is 8.39. The number of aromatic carboxylic acids is 1. The highest BCUT2D eigenvalue weighted by Gasteiger charge is 2.02. The van der Waals surface area contributed by atoms with Gasteiger partial charge in [-0.1, -0.05) is 38.5 Å². The largest absolute Gasteiger partial charge is 0.494 e. The van der Waals surface area contributed by atoms with E-state index in [4.69, 9.17) is 14.6 Å². The van der Waals surface area contributed by atoms with E-state index in [1.165, 1.54) is 32.1 Å². The molecule has 0 saturated carbocycles. The van der Waals surface area contributed by atoms with Gasteiger partial charge < -0.3 is 14.6 Å². The summed E-state index contributed by atoms with van der Waals surface area (Å²) in [6.45, 7) is 1.41. The van der Waals surface area contributed by atoms with Gasteiger partial charge >= 0.3 is 5.97 Å². The maximum absolute atomic E-state index is 10.8. The number of unbranched alkanes of at least 4 members (excludes halogenated alkanes) is 7. The molecular weight excluding hydrogens is 440 g/mol. The lowest BCUT2D eigenvalue weighted by Gasteiger charge is -2.07. The van der Waals surface area contributed by atoms with Crippen LogP contribution < -0.4 is 9.47 Å². The van der Waals surface area contributed by atoms with Crippen molar-refractivity contribution in [3.05, 3.63) is 84.2 Å². The average Bonchev–Trinajstić information content (AvgIpc) is 2.89. The summed E-state index contributed by atoms with van der Waals surface area (Å²) < 4.78 is 11.5. The maximum atomic E-state index is 10.8. The first-order chi connectivity index (χ1) is 17.2.